The first-order chi connectivity index (χ1) is 17.0. The second-order valence-corrected chi connectivity index (χ2v) is 10.1. The van der Waals surface area contributed by atoms with E-state index in [0.29, 0.717) is 58.2 Å². The highest BCUT2D eigenvalue weighted by atomic mass is 16.4. The average molecular weight is 511 g/mol. The van der Waals surface area contributed by atoms with Crippen molar-refractivity contribution in [2.75, 3.05) is 19.6 Å². The summed E-state index contributed by atoms with van der Waals surface area (Å²) in [6.07, 6.45) is 3.94. The van der Waals surface area contributed by atoms with Crippen molar-refractivity contribution < 1.29 is 29.1 Å². The van der Waals surface area contributed by atoms with Gasteiger partial charge in [0.05, 0.1) is 6.04 Å². The van der Waals surface area contributed by atoms with Gasteiger partial charge in [0.1, 0.15) is 24.2 Å². The van der Waals surface area contributed by atoms with Crippen LogP contribution in [-0.2, 0) is 24.0 Å². The fraction of sp³-hybridized carbons (Fsp3) is 0.792. The van der Waals surface area contributed by atoms with Crippen molar-refractivity contribution in [3.8, 4) is 0 Å². The number of hydrogen-bond donors (Lipinski definition) is 5. The Morgan fingerprint density at radius 3 is 2.06 bits per heavy atom. The maximum atomic E-state index is 13.2. The van der Waals surface area contributed by atoms with Crippen LogP contribution < -0.4 is 22.1 Å². The molecule has 204 valence electrons. The summed E-state index contributed by atoms with van der Waals surface area (Å²) in [7, 11) is 0. The van der Waals surface area contributed by atoms with Gasteiger partial charge in [0.15, 0.2) is 0 Å². The van der Waals surface area contributed by atoms with Crippen LogP contribution in [0.2, 0.25) is 0 Å². The highest BCUT2D eigenvalue weighted by molar-refractivity contribution is 5.95. The highest BCUT2D eigenvalue weighted by Gasteiger charge is 2.41. The molecule has 2 saturated heterocycles. The van der Waals surface area contributed by atoms with Crippen LogP contribution in [0.15, 0.2) is 0 Å². The number of amides is 4. The zero-order valence-electron chi connectivity index (χ0n) is 21.6. The van der Waals surface area contributed by atoms with Gasteiger partial charge in [-0.3, -0.25) is 19.2 Å². The second-order valence-electron chi connectivity index (χ2n) is 10.1. The summed E-state index contributed by atoms with van der Waals surface area (Å²) in [4.78, 5) is 66.1. The van der Waals surface area contributed by atoms with Crippen molar-refractivity contribution in [3.05, 3.63) is 0 Å². The molecule has 12 heteroatoms. The van der Waals surface area contributed by atoms with Crippen molar-refractivity contribution in [3.63, 3.8) is 0 Å². The van der Waals surface area contributed by atoms with Gasteiger partial charge in [-0.2, -0.15) is 0 Å². The molecule has 0 aromatic carbocycles. The van der Waals surface area contributed by atoms with Gasteiger partial charge in [0.25, 0.3) is 0 Å². The average Bonchev–Trinajstić information content (AvgIpc) is 3.51. The van der Waals surface area contributed by atoms with E-state index in [9.17, 15) is 29.1 Å². The summed E-state index contributed by atoms with van der Waals surface area (Å²) in [5.74, 6) is -3.05. The monoisotopic (exact) mass is 510 g/mol. The molecule has 7 N–H and O–H groups in total. The minimum atomic E-state index is -1.06. The summed E-state index contributed by atoms with van der Waals surface area (Å²) in [5, 5.41) is 14.8. The Bertz CT molecular complexity index is 821. The van der Waals surface area contributed by atoms with Crippen molar-refractivity contribution >= 4 is 29.6 Å². The first-order valence-electron chi connectivity index (χ1n) is 12.9. The fourth-order valence-electron chi connectivity index (χ4n) is 4.80. The quantitative estimate of drug-likeness (QED) is 0.210. The largest absolute Gasteiger partial charge is 0.480 e. The molecule has 0 aromatic heterocycles. The van der Waals surface area contributed by atoms with Crippen LogP contribution in [0.5, 0.6) is 0 Å². The van der Waals surface area contributed by atoms with Gasteiger partial charge in [-0.05, 0) is 57.9 Å². The molecule has 0 saturated carbocycles. The Balaban J connectivity index is 2.02. The third-order valence-electron chi connectivity index (χ3n) is 6.93. The van der Waals surface area contributed by atoms with Crippen LogP contribution in [0.4, 0.5) is 0 Å². The van der Waals surface area contributed by atoms with E-state index in [2.05, 4.69) is 10.6 Å². The number of unbranched alkanes of at least 4 members (excludes halogenated alkanes) is 1. The molecule has 2 rings (SSSR count). The molecule has 36 heavy (non-hydrogen) atoms. The zero-order chi connectivity index (χ0) is 27.0. The van der Waals surface area contributed by atoms with Crippen molar-refractivity contribution in [1.29, 1.82) is 0 Å². The number of carbonyl (C=O) groups is 5. The van der Waals surface area contributed by atoms with E-state index in [0.717, 1.165) is 6.42 Å². The molecule has 5 atom stereocenters. The number of carboxylic acid groups (broad SMARTS) is 1. The van der Waals surface area contributed by atoms with Crippen molar-refractivity contribution in [2.45, 2.75) is 95.9 Å². The van der Waals surface area contributed by atoms with Crippen LogP contribution in [0.25, 0.3) is 0 Å². The zero-order valence-corrected chi connectivity index (χ0v) is 21.6. The van der Waals surface area contributed by atoms with Gasteiger partial charge in [-0.15, -0.1) is 0 Å². The van der Waals surface area contributed by atoms with Gasteiger partial charge < -0.3 is 37.0 Å². The Hall–Kier alpha value is -2.73. The molecule has 0 radical (unpaired) electrons. The van der Waals surface area contributed by atoms with Crippen LogP contribution >= 0.6 is 0 Å². The first kappa shape index (κ1) is 29.5. The predicted molar refractivity (Wildman–Crippen MR) is 132 cm³/mol. The number of nitrogens with one attached hydrogen (secondary N) is 2. The highest BCUT2D eigenvalue weighted by Crippen LogP contribution is 2.22. The molecule has 2 heterocycles. The summed E-state index contributed by atoms with van der Waals surface area (Å²) < 4.78 is 0. The lowest BCUT2D eigenvalue weighted by molar-refractivity contribution is -0.150. The molecule has 0 aliphatic carbocycles. The number of nitrogens with two attached hydrogens (primary N) is 2. The molecular formula is C24H42N6O6. The Morgan fingerprint density at radius 1 is 0.917 bits per heavy atom. The van der Waals surface area contributed by atoms with E-state index in [1.165, 1.54) is 9.80 Å². The topological polar surface area (TPSA) is 188 Å². The van der Waals surface area contributed by atoms with Crippen molar-refractivity contribution in [1.82, 2.24) is 20.4 Å². The number of rotatable bonds is 12. The first-order valence-corrected chi connectivity index (χ1v) is 12.9. The number of aliphatic carboxylic acids is 1. The molecule has 0 bridgehead atoms. The third kappa shape index (κ3) is 7.39. The molecule has 0 aromatic rings. The van der Waals surface area contributed by atoms with E-state index < -0.39 is 59.8 Å². The minimum Gasteiger partial charge on any atom is -0.480 e. The van der Waals surface area contributed by atoms with Crippen LogP contribution in [0.3, 0.4) is 0 Å². The van der Waals surface area contributed by atoms with E-state index >= 15 is 0 Å². The van der Waals surface area contributed by atoms with Gasteiger partial charge in [-0.25, -0.2) is 4.79 Å². The second kappa shape index (κ2) is 13.5. The smallest absolute Gasteiger partial charge is 0.326 e. The Kier molecular flexibility index (Phi) is 11.1. The SMILES string of the molecule is CC(C)[C@H](NC(=O)[C@@H]1CCCN1C(=O)[C@@H](C)NC(=O)[C@@H](N)CCCCN)C(=O)N1CCC[C@H]1C(=O)O. The molecule has 0 spiro atoms. The number of carboxylic acids is 1. The number of hydrogen-bond acceptors (Lipinski definition) is 7. The third-order valence-corrected chi connectivity index (χ3v) is 6.93. The van der Waals surface area contributed by atoms with Crippen LogP contribution in [-0.4, -0.2) is 94.3 Å². The summed E-state index contributed by atoms with van der Waals surface area (Å²) >= 11 is 0. The van der Waals surface area contributed by atoms with Gasteiger partial charge in [0.2, 0.25) is 23.6 Å². The molecule has 2 aliphatic heterocycles. The van der Waals surface area contributed by atoms with E-state index in [-0.39, 0.29) is 5.92 Å². The number of likely N-dealkylation sites (tertiary alicyclic amines) is 2. The molecule has 4 amide bonds. The van der Waals surface area contributed by atoms with Crippen LogP contribution in [0, 0.1) is 5.92 Å². The molecule has 2 aliphatic rings. The Morgan fingerprint density at radius 2 is 1.50 bits per heavy atom. The number of carbonyl (C=O) groups excluding carboxylic acids is 4. The molecule has 0 unspecified atom stereocenters. The Labute approximate surface area is 212 Å². The maximum Gasteiger partial charge on any atom is 0.326 e. The van der Waals surface area contributed by atoms with E-state index in [1.807, 2.05) is 0 Å². The molecule has 2 fully saturated rings. The van der Waals surface area contributed by atoms with E-state index in [4.69, 9.17) is 11.5 Å². The predicted octanol–water partition coefficient (Wildman–Crippen LogP) is -0.845. The normalized spacial score (nSPS) is 22.3. The van der Waals surface area contributed by atoms with E-state index in [1.54, 1.807) is 20.8 Å². The maximum absolute atomic E-state index is 13.2. The lowest BCUT2D eigenvalue weighted by Gasteiger charge is -2.32. The van der Waals surface area contributed by atoms with Gasteiger partial charge >= 0.3 is 5.97 Å². The summed E-state index contributed by atoms with van der Waals surface area (Å²) in [5.41, 5.74) is 11.4. The minimum absolute atomic E-state index is 0.277. The number of nitrogens with zero attached hydrogens (tertiary/aromatic N) is 2. The van der Waals surface area contributed by atoms with Gasteiger partial charge in [-0.1, -0.05) is 20.3 Å². The van der Waals surface area contributed by atoms with Crippen LogP contribution in [0.1, 0.15) is 65.7 Å². The van der Waals surface area contributed by atoms with Gasteiger partial charge in [0, 0.05) is 13.1 Å². The van der Waals surface area contributed by atoms with Crippen molar-refractivity contribution in [2.24, 2.45) is 17.4 Å². The summed E-state index contributed by atoms with van der Waals surface area (Å²) in [6, 6.07) is -4.19. The summed E-state index contributed by atoms with van der Waals surface area (Å²) in [6.45, 7) is 6.31. The molecular weight excluding hydrogens is 468 g/mol. The molecule has 12 nitrogen and oxygen atoms in total. The standard InChI is InChI=1S/C24H42N6O6/c1-14(2)19(23(34)30-13-7-10-18(30)24(35)36)28-21(32)17-9-6-12-29(17)22(33)15(3)27-20(31)16(26)8-4-5-11-25/h14-19H,4-13,25-26H2,1-3H3,(H,27,31)(H,28,32)(H,35,36)/t15-,16+,17+,18+,19+/m1/s1. The lowest BCUT2D eigenvalue weighted by Crippen LogP contribution is -2.58. The lowest BCUT2D eigenvalue weighted by atomic mass is 10.0. The fourth-order valence-corrected chi connectivity index (χ4v) is 4.80.